The summed E-state index contributed by atoms with van der Waals surface area (Å²) in [6.07, 6.45) is 1.20. The Kier molecular flexibility index (Phi) is 3.80. The Morgan fingerprint density at radius 1 is 1.64 bits per heavy atom. The molecular weight excluding hydrogens is 210 g/mol. The van der Waals surface area contributed by atoms with Gasteiger partial charge in [0.25, 0.3) is 0 Å². The van der Waals surface area contributed by atoms with E-state index in [2.05, 4.69) is 29.4 Å². The molecule has 9 heteroatoms. The number of ether oxygens (including phenoxy) is 1. The molecular formula is C5H11N5O3S. The maximum atomic E-state index is 11.2. The highest BCUT2D eigenvalue weighted by atomic mass is 32.2. The fraction of sp³-hybridized carbons (Fsp3) is 0.600. The molecule has 0 fully saturated rings. The minimum atomic E-state index is -3.59. The smallest absolute Gasteiger partial charge is 0.301 e. The van der Waals surface area contributed by atoms with E-state index < -0.39 is 10.2 Å². The molecule has 8 nitrogen and oxygen atoms in total. The molecule has 0 atom stereocenters. The van der Waals surface area contributed by atoms with Crippen LogP contribution in [0, 0.1) is 0 Å². The van der Waals surface area contributed by atoms with E-state index in [1.54, 1.807) is 0 Å². The van der Waals surface area contributed by atoms with E-state index in [9.17, 15) is 8.42 Å². The summed E-state index contributed by atoms with van der Waals surface area (Å²) in [5.41, 5.74) is 0. The first-order valence-corrected chi connectivity index (χ1v) is 5.24. The molecule has 1 aromatic heterocycles. The number of aromatic nitrogens is 3. The number of anilines is 1. The van der Waals surface area contributed by atoms with Crippen LogP contribution in [0.4, 0.5) is 5.95 Å². The number of H-pyrrole nitrogens is 1. The molecule has 0 saturated carbocycles. The number of rotatable bonds is 6. The second-order valence-electron chi connectivity index (χ2n) is 2.33. The van der Waals surface area contributed by atoms with Crippen molar-refractivity contribution in [2.45, 2.75) is 0 Å². The van der Waals surface area contributed by atoms with Gasteiger partial charge in [-0.3, -0.25) is 0 Å². The molecule has 80 valence electrons. The average molecular weight is 221 g/mol. The van der Waals surface area contributed by atoms with Crippen LogP contribution in [0.5, 0.6) is 0 Å². The van der Waals surface area contributed by atoms with Crippen molar-refractivity contribution in [3.8, 4) is 0 Å². The van der Waals surface area contributed by atoms with Gasteiger partial charge in [-0.1, -0.05) is 0 Å². The SMILES string of the molecule is COCCNS(=O)(=O)Nc1ncn[nH]1. The minimum Gasteiger partial charge on any atom is -0.383 e. The summed E-state index contributed by atoms with van der Waals surface area (Å²) >= 11 is 0. The van der Waals surface area contributed by atoms with Gasteiger partial charge in [0, 0.05) is 13.7 Å². The fourth-order valence-electron chi connectivity index (χ4n) is 0.696. The van der Waals surface area contributed by atoms with Crippen LogP contribution in [0.15, 0.2) is 6.33 Å². The lowest BCUT2D eigenvalue weighted by Gasteiger charge is -2.05. The standard InChI is InChI=1S/C5H11N5O3S/c1-13-3-2-8-14(11,12)10-5-6-4-7-9-5/h4,8H,2-3H2,1H3,(H2,6,7,9,10). The highest BCUT2D eigenvalue weighted by molar-refractivity contribution is 7.90. The quantitative estimate of drug-likeness (QED) is 0.517. The molecule has 0 saturated heterocycles. The van der Waals surface area contributed by atoms with E-state index in [1.165, 1.54) is 13.4 Å². The van der Waals surface area contributed by atoms with E-state index in [1.807, 2.05) is 0 Å². The zero-order valence-corrected chi connectivity index (χ0v) is 8.34. The molecule has 0 bridgehead atoms. The Morgan fingerprint density at radius 3 is 3.00 bits per heavy atom. The molecule has 3 N–H and O–H groups in total. The topological polar surface area (TPSA) is 109 Å². The maximum absolute atomic E-state index is 11.2. The van der Waals surface area contributed by atoms with Crippen LogP contribution in [0.3, 0.4) is 0 Å². The zero-order chi connectivity index (χ0) is 10.4. The van der Waals surface area contributed by atoms with Gasteiger partial charge in [-0.25, -0.2) is 9.82 Å². The fourth-order valence-corrected chi connectivity index (χ4v) is 1.47. The number of hydrogen-bond donors (Lipinski definition) is 3. The Morgan fingerprint density at radius 2 is 2.43 bits per heavy atom. The summed E-state index contributed by atoms with van der Waals surface area (Å²) < 4.78 is 31.5. The molecule has 1 aromatic rings. The third kappa shape index (κ3) is 3.68. The summed E-state index contributed by atoms with van der Waals surface area (Å²) in [6.45, 7) is 0.497. The number of aromatic amines is 1. The molecule has 0 aliphatic rings. The van der Waals surface area contributed by atoms with Crippen LogP contribution < -0.4 is 9.44 Å². The van der Waals surface area contributed by atoms with Gasteiger partial charge < -0.3 is 4.74 Å². The summed E-state index contributed by atoms with van der Waals surface area (Å²) in [7, 11) is -2.11. The highest BCUT2D eigenvalue weighted by Crippen LogP contribution is 1.94. The van der Waals surface area contributed by atoms with Gasteiger partial charge in [0.05, 0.1) is 6.61 Å². The number of hydrogen-bond acceptors (Lipinski definition) is 5. The van der Waals surface area contributed by atoms with Crippen molar-refractivity contribution in [3.05, 3.63) is 6.33 Å². The van der Waals surface area contributed by atoms with Gasteiger partial charge in [0.15, 0.2) is 0 Å². The lowest BCUT2D eigenvalue weighted by atomic mass is 10.7. The first kappa shape index (κ1) is 10.9. The lowest BCUT2D eigenvalue weighted by molar-refractivity contribution is 0.204. The Labute approximate surface area is 81.3 Å². The van der Waals surface area contributed by atoms with Crippen molar-refractivity contribution in [3.63, 3.8) is 0 Å². The van der Waals surface area contributed by atoms with Crippen molar-refractivity contribution in [1.82, 2.24) is 19.9 Å². The van der Waals surface area contributed by atoms with Crippen molar-refractivity contribution in [1.29, 1.82) is 0 Å². The van der Waals surface area contributed by atoms with Gasteiger partial charge in [0.1, 0.15) is 6.33 Å². The second kappa shape index (κ2) is 4.88. The van der Waals surface area contributed by atoms with Gasteiger partial charge in [-0.05, 0) is 0 Å². The van der Waals surface area contributed by atoms with Gasteiger partial charge in [0.2, 0.25) is 5.95 Å². The molecule has 0 aliphatic carbocycles. The van der Waals surface area contributed by atoms with Crippen LogP contribution in [-0.4, -0.2) is 43.9 Å². The van der Waals surface area contributed by atoms with Crippen LogP contribution in [0.2, 0.25) is 0 Å². The van der Waals surface area contributed by atoms with Crippen LogP contribution in [-0.2, 0) is 14.9 Å². The summed E-state index contributed by atoms with van der Waals surface area (Å²) in [4.78, 5) is 3.60. The average Bonchev–Trinajstić information content (AvgIpc) is 2.56. The number of methoxy groups -OCH3 is 1. The molecule has 1 rings (SSSR count). The van der Waals surface area contributed by atoms with Gasteiger partial charge in [-0.15, -0.1) is 0 Å². The Hall–Kier alpha value is -1.19. The lowest BCUT2D eigenvalue weighted by Crippen LogP contribution is -2.32. The first-order chi connectivity index (χ1) is 6.64. The predicted molar refractivity (Wildman–Crippen MR) is 48.8 cm³/mol. The van der Waals surface area contributed by atoms with Crippen LogP contribution in [0.25, 0.3) is 0 Å². The molecule has 0 amide bonds. The zero-order valence-electron chi connectivity index (χ0n) is 7.52. The van der Waals surface area contributed by atoms with Crippen molar-refractivity contribution in [2.75, 3.05) is 25.0 Å². The largest absolute Gasteiger partial charge is 0.383 e. The Balaban J connectivity index is 2.42. The normalized spacial score (nSPS) is 11.5. The Bertz CT molecular complexity index is 347. The molecule has 0 unspecified atom stereocenters. The predicted octanol–water partition coefficient (Wildman–Crippen LogP) is -1.30. The summed E-state index contributed by atoms with van der Waals surface area (Å²) in [5.74, 6) is 0.0647. The van der Waals surface area contributed by atoms with Crippen molar-refractivity contribution in [2.24, 2.45) is 0 Å². The van der Waals surface area contributed by atoms with Gasteiger partial charge in [-0.2, -0.15) is 23.2 Å². The van der Waals surface area contributed by atoms with Gasteiger partial charge >= 0.3 is 10.2 Å². The molecule has 14 heavy (non-hydrogen) atoms. The molecule has 0 radical (unpaired) electrons. The molecule has 0 aromatic carbocycles. The first-order valence-electron chi connectivity index (χ1n) is 3.76. The summed E-state index contributed by atoms with van der Waals surface area (Å²) in [5, 5.41) is 5.85. The number of nitrogens with one attached hydrogen (secondary N) is 3. The van der Waals surface area contributed by atoms with E-state index in [-0.39, 0.29) is 12.5 Å². The second-order valence-corrected chi connectivity index (χ2v) is 3.83. The minimum absolute atomic E-state index is 0.0647. The molecule has 1 heterocycles. The van der Waals surface area contributed by atoms with Crippen LogP contribution >= 0.6 is 0 Å². The summed E-state index contributed by atoms with van der Waals surface area (Å²) in [6, 6.07) is 0. The number of nitrogens with zero attached hydrogens (tertiary/aromatic N) is 2. The third-order valence-electron chi connectivity index (χ3n) is 1.24. The molecule has 0 spiro atoms. The van der Waals surface area contributed by atoms with E-state index in [4.69, 9.17) is 0 Å². The van der Waals surface area contributed by atoms with Crippen molar-refractivity contribution < 1.29 is 13.2 Å². The maximum Gasteiger partial charge on any atom is 0.301 e. The molecule has 0 aliphatic heterocycles. The van der Waals surface area contributed by atoms with E-state index in [0.717, 1.165) is 0 Å². The van der Waals surface area contributed by atoms with Crippen LogP contribution in [0.1, 0.15) is 0 Å². The highest BCUT2D eigenvalue weighted by Gasteiger charge is 2.09. The third-order valence-corrected chi connectivity index (χ3v) is 2.29. The van der Waals surface area contributed by atoms with E-state index >= 15 is 0 Å². The monoisotopic (exact) mass is 221 g/mol. The van der Waals surface area contributed by atoms with Crippen molar-refractivity contribution >= 4 is 16.2 Å². The van der Waals surface area contributed by atoms with E-state index in [0.29, 0.717) is 6.61 Å².